The van der Waals surface area contributed by atoms with Gasteiger partial charge in [0.1, 0.15) is 5.92 Å². The number of nitrogens with two attached hydrogens (primary N) is 2. The fraction of sp³-hybridized carbons (Fsp3) is 0.667. The molecule has 70 valence electrons. The second kappa shape index (κ2) is 4.69. The summed E-state index contributed by atoms with van der Waals surface area (Å²) in [5, 5.41) is 0. The van der Waals surface area contributed by atoms with Crippen LogP contribution in [0.15, 0.2) is 0 Å². The van der Waals surface area contributed by atoms with Crippen LogP contribution in [0.25, 0.3) is 0 Å². The molecule has 0 saturated carbocycles. The SMILES string of the molecule is Cl.NC(=O)C1CSCC(N)C1=O. The van der Waals surface area contributed by atoms with Gasteiger partial charge in [-0.3, -0.25) is 9.59 Å². The first kappa shape index (κ1) is 11.7. The second-order valence-electron chi connectivity index (χ2n) is 2.50. The molecule has 2 atom stereocenters. The maximum Gasteiger partial charge on any atom is 0.228 e. The highest BCUT2D eigenvalue weighted by molar-refractivity contribution is 7.99. The van der Waals surface area contributed by atoms with E-state index in [1.807, 2.05) is 0 Å². The van der Waals surface area contributed by atoms with Gasteiger partial charge < -0.3 is 11.5 Å². The van der Waals surface area contributed by atoms with E-state index in [0.29, 0.717) is 11.5 Å². The first-order valence-corrected chi connectivity index (χ1v) is 4.44. The zero-order valence-corrected chi connectivity index (χ0v) is 7.99. The number of carbonyl (C=O) groups excluding carboxylic acids is 2. The number of ketones is 1. The lowest BCUT2D eigenvalue weighted by Gasteiger charge is -2.22. The number of hydrogen-bond acceptors (Lipinski definition) is 4. The summed E-state index contributed by atoms with van der Waals surface area (Å²) in [6.45, 7) is 0. The Bertz CT molecular complexity index is 200. The Labute approximate surface area is 80.8 Å². The number of halogens is 1. The summed E-state index contributed by atoms with van der Waals surface area (Å²) in [5.41, 5.74) is 10.4. The Morgan fingerprint density at radius 3 is 2.50 bits per heavy atom. The van der Waals surface area contributed by atoms with Crippen LogP contribution < -0.4 is 11.5 Å². The van der Waals surface area contributed by atoms with Crippen molar-refractivity contribution >= 4 is 35.9 Å². The molecule has 4 nitrogen and oxygen atoms in total. The summed E-state index contributed by atoms with van der Waals surface area (Å²) in [5.74, 6) is -0.345. The van der Waals surface area contributed by atoms with Crippen LogP contribution in [0.4, 0.5) is 0 Å². The quantitative estimate of drug-likeness (QED) is 0.553. The molecule has 0 aromatic heterocycles. The fourth-order valence-electron chi connectivity index (χ4n) is 0.958. The van der Waals surface area contributed by atoms with Gasteiger partial charge in [-0.15, -0.1) is 12.4 Å². The third-order valence-corrected chi connectivity index (χ3v) is 2.80. The highest BCUT2D eigenvalue weighted by Gasteiger charge is 2.32. The molecule has 1 heterocycles. The molecule has 1 amide bonds. The number of amides is 1. The van der Waals surface area contributed by atoms with Crippen LogP contribution in [-0.4, -0.2) is 29.2 Å². The average Bonchev–Trinajstić information content (AvgIpc) is 1.94. The lowest BCUT2D eigenvalue weighted by atomic mass is 10.0. The zero-order chi connectivity index (χ0) is 8.43. The van der Waals surface area contributed by atoms with Crippen LogP contribution >= 0.6 is 24.2 Å². The van der Waals surface area contributed by atoms with Gasteiger partial charge in [-0.1, -0.05) is 0 Å². The highest BCUT2D eigenvalue weighted by atomic mass is 35.5. The molecule has 6 heteroatoms. The van der Waals surface area contributed by atoms with E-state index in [4.69, 9.17) is 11.5 Å². The van der Waals surface area contributed by atoms with E-state index in [9.17, 15) is 9.59 Å². The Hall–Kier alpha value is -0.260. The van der Waals surface area contributed by atoms with E-state index in [0.717, 1.165) is 0 Å². The largest absolute Gasteiger partial charge is 0.369 e. The zero-order valence-electron chi connectivity index (χ0n) is 6.36. The van der Waals surface area contributed by atoms with Crippen molar-refractivity contribution in [3.8, 4) is 0 Å². The van der Waals surface area contributed by atoms with Crippen molar-refractivity contribution in [1.82, 2.24) is 0 Å². The molecular formula is C6H11ClN2O2S. The van der Waals surface area contributed by atoms with Gasteiger partial charge in [0, 0.05) is 11.5 Å². The van der Waals surface area contributed by atoms with Gasteiger partial charge in [0.25, 0.3) is 0 Å². The van der Waals surface area contributed by atoms with E-state index in [1.165, 1.54) is 11.8 Å². The van der Waals surface area contributed by atoms with Crippen LogP contribution in [0.3, 0.4) is 0 Å². The monoisotopic (exact) mass is 210 g/mol. The molecular weight excluding hydrogens is 200 g/mol. The van der Waals surface area contributed by atoms with Crippen LogP contribution in [0.5, 0.6) is 0 Å². The van der Waals surface area contributed by atoms with Gasteiger partial charge in [-0.05, 0) is 0 Å². The standard InChI is InChI=1S/C6H10N2O2S.ClH/c7-4-2-11-1-3(5(4)9)6(8)10;/h3-4H,1-2,7H2,(H2,8,10);1H. The molecule has 0 aliphatic carbocycles. The van der Waals surface area contributed by atoms with E-state index < -0.39 is 17.9 Å². The van der Waals surface area contributed by atoms with Crippen LogP contribution in [0, 0.1) is 5.92 Å². The van der Waals surface area contributed by atoms with Gasteiger partial charge in [0.2, 0.25) is 5.91 Å². The molecule has 12 heavy (non-hydrogen) atoms. The third-order valence-electron chi connectivity index (χ3n) is 1.63. The number of primary amides is 1. The Balaban J connectivity index is 0.00000121. The summed E-state index contributed by atoms with van der Waals surface area (Å²) in [6.07, 6.45) is 0. The van der Waals surface area contributed by atoms with Crippen LogP contribution in [0.2, 0.25) is 0 Å². The molecule has 2 unspecified atom stereocenters. The minimum Gasteiger partial charge on any atom is -0.369 e. The summed E-state index contributed by atoms with van der Waals surface area (Å²) in [6, 6.07) is -0.508. The van der Waals surface area contributed by atoms with Gasteiger partial charge in [0.05, 0.1) is 6.04 Å². The van der Waals surface area contributed by atoms with Crippen molar-refractivity contribution in [3.63, 3.8) is 0 Å². The summed E-state index contributed by atoms with van der Waals surface area (Å²) < 4.78 is 0. The molecule has 4 N–H and O–H groups in total. The van der Waals surface area contributed by atoms with Crippen molar-refractivity contribution < 1.29 is 9.59 Å². The second-order valence-corrected chi connectivity index (χ2v) is 3.58. The van der Waals surface area contributed by atoms with Gasteiger partial charge in [-0.25, -0.2) is 0 Å². The van der Waals surface area contributed by atoms with E-state index in [1.54, 1.807) is 0 Å². The third kappa shape index (κ3) is 2.36. The van der Waals surface area contributed by atoms with Crippen LogP contribution in [0.1, 0.15) is 0 Å². The van der Waals surface area contributed by atoms with E-state index in [-0.39, 0.29) is 18.2 Å². The fourth-order valence-corrected chi connectivity index (χ4v) is 2.08. The molecule has 1 aliphatic rings. The Morgan fingerprint density at radius 1 is 1.50 bits per heavy atom. The minimum absolute atomic E-state index is 0. The lowest BCUT2D eigenvalue weighted by molar-refractivity contribution is -0.131. The lowest BCUT2D eigenvalue weighted by Crippen LogP contribution is -2.47. The predicted octanol–water partition coefficient (Wildman–Crippen LogP) is -0.847. The maximum atomic E-state index is 11.1. The molecule has 0 spiro atoms. The van der Waals surface area contributed by atoms with Crippen LogP contribution in [-0.2, 0) is 9.59 Å². The smallest absolute Gasteiger partial charge is 0.228 e. The first-order valence-electron chi connectivity index (χ1n) is 3.29. The minimum atomic E-state index is -0.663. The number of rotatable bonds is 1. The molecule has 0 aromatic carbocycles. The summed E-state index contributed by atoms with van der Waals surface area (Å²) >= 11 is 1.50. The number of Topliss-reactive ketones (excluding diaryl/α,β-unsaturated/α-hetero) is 1. The number of thioether (sulfide) groups is 1. The van der Waals surface area contributed by atoms with Crippen molar-refractivity contribution in [2.24, 2.45) is 17.4 Å². The number of carbonyl (C=O) groups is 2. The van der Waals surface area contributed by atoms with Gasteiger partial charge in [-0.2, -0.15) is 11.8 Å². The van der Waals surface area contributed by atoms with E-state index in [2.05, 4.69) is 0 Å². The van der Waals surface area contributed by atoms with Crippen molar-refractivity contribution in [2.75, 3.05) is 11.5 Å². The number of hydrogen-bond donors (Lipinski definition) is 2. The first-order chi connectivity index (χ1) is 5.13. The summed E-state index contributed by atoms with van der Waals surface area (Å²) in [7, 11) is 0. The summed E-state index contributed by atoms with van der Waals surface area (Å²) in [4.78, 5) is 21.8. The van der Waals surface area contributed by atoms with Crippen molar-refractivity contribution in [1.29, 1.82) is 0 Å². The molecule has 1 fully saturated rings. The molecule has 0 bridgehead atoms. The molecule has 0 radical (unpaired) electrons. The Kier molecular flexibility index (Phi) is 4.59. The van der Waals surface area contributed by atoms with E-state index >= 15 is 0 Å². The predicted molar refractivity (Wildman–Crippen MR) is 50.2 cm³/mol. The van der Waals surface area contributed by atoms with Gasteiger partial charge in [0.15, 0.2) is 5.78 Å². The van der Waals surface area contributed by atoms with Crippen molar-refractivity contribution in [2.45, 2.75) is 6.04 Å². The normalized spacial score (nSPS) is 29.2. The van der Waals surface area contributed by atoms with Crippen molar-refractivity contribution in [3.05, 3.63) is 0 Å². The highest BCUT2D eigenvalue weighted by Crippen LogP contribution is 2.18. The Morgan fingerprint density at radius 2 is 2.08 bits per heavy atom. The van der Waals surface area contributed by atoms with Gasteiger partial charge >= 0.3 is 0 Å². The molecule has 1 rings (SSSR count). The molecule has 0 aromatic rings. The molecule has 1 aliphatic heterocycles. The topological polar surface area (TPSA) is 86.2 Å². The average molecular weight is 211 g/mol. The maximum absolute atomic E-state index is 11.1. The molecule has 1 saturated heterocycles.